The summed E-state index contributed by atoms with van der Waals surface area (Å²) < 4.78 is 16.5. The number of carbonyl (C=O) groups is 1. The lowest BCUT2D eigenvalue weighted by Gasteiger charge is -2.34. The number of amides is 1. The third-order valence-corrected chi connectivity index (χ3v) is 5.15. The summed E-state index contributed by atoms with van der Waals surface area (Å²) in [4.78, 5) is 12.4. The second kappa shape index (κ2) is 7.58. The van der Waals surface area contributed by atoms with Crippen molar-refractivity contribution in [2.75, 3.05) is 26.0 Å². The molecule has 0 bridgehead atoms. The van der Waals surface area contributed by atoms with E-state index in [1.807, 2.05) is 6.92 Å². The molecule has 0 radical (unpaired) electrons. The van der Waals surface area contributed by atoms with Gasteiger partial charge in [0.05, 0.1) is 0 Å². The van der Waals surface area contributed by atoms with E-state index in [2.05, 4.69) is 10.5 Å². The number of nitrogens with one attached hydrogen (secondary N) is 1. The topological polar surface area (TPSA) is 114 Å². The first kappa shape index (κ1) is 16.9. The van der Waals surface area contributed by atoms with Crippen molar-refractivity contribution in [1.29, 1.82) is 0 Å². The number of hydrogen-bond acceptors (Lipinski definition) is 5. The highest BCUT2D eigenvalue weighted by atomic mass is 32.2. The fourth-order valence-electron chi connectivity index (χ4n) is 2.14. The quantitative estimate of drug-likeness (QED) is 0.272. The average molecular weight is 305 g/mol. The van der Waals surface area contributed by atoms with Gasteiger partial charge in [-0.3, -0.25) is 9.00 Å². The molecule has 0 aromatic carbocycles. The minimum atomic E-state index is -0.998. The molecular formula is C12H23N3O4S. The summed E-state index contributed by atoms with van der Waals surface area (Å²) in [5.74, 6) is -0.337. The van der Waals surface area contributed by atoms with E-state index in [9.17, 15) is 9.00 Å². The first-order chi connectivity index (χ1) is 9.44. The lowest BCUT2D eigenvalue weighted by Crippen LogP contribution is -2.53. The van der Waals surface area contributed by atoms with Crippen LogP contribution in [0.2, 0.25) is 0 Å². The molecular weight excluding hydrogens is 282 g/mol. The Morgan fingerprint density at radius 1 is 1.55 bits per heavy atom. The summed E-state index contributed by atoms with van der Waals surface area (Å²) in [6.45, 7) is 3.09. The highest BCUT2D eigenvalue weighted by molar-refractivity contribution is 7.84. The third-order valence-electron chi connectivity index (χ3n) is 3.78. The van der Waals surface area contributed by atoms with Crippen LogP contribution in [0, 0.1) is 5.41 Å². The molecule has 1 heterocycles. The molecule has 1 aliphatic heterocycles. The fraction of sp³-hybridized carbons (Fsp3) is 0.833. The molecule has 0 saturated carbocycles. The second-order valence-corrected chi connectivity index (χ2v) is 6.84. The zero-order valence-corrected chi connectivity index (χ0v) is 12.7. The summed E-state index contributed by atoms with van der Waals surface area (Å²) >= 11 is 0. The van der Waals surface area contributed by atoms with Crippen LogP contribution in [0.4, 0.5) is 0 Å². The molecule has 0 aromatic rings. The van der Waals surface area contributed by atoms with Crippen LogP contribution in [-0.4, -0.2) is 52.4 Å². The van der Waals surface area contributed by atoms with Crippen LogP contribution in [0.5, 0.6) is 0 Å². The Morgan fingerprint density at radius 3 is 2.65 bits per heavy atom. The lowest BCUT2D eigenvalue weighted by molar-refractivity contribution is -0.131. The Balaban J connectivity index is 2.63. The van der Waals surface area contributed by atoms with Crippen molar-refractivity contribution < 1.29 is 18.9 Å². The zero-order valence-electron chi connectivity index (χ0n) is 11.9. The Hall–Kier alpha value is -1.15. The number of carbonyl (C=O) groups excluding carboxylic acids is 1. The minimum Gasteiger partial charge on any atom is -0.409 e. The predicted octanol–water partition coefficient (Wildman–Crippen LogP) is -0.197. The number of oxime groups is 1. The lowest BCUT2D eigenvalue weighted by atomic mass is 9.78. The van der Waals surface area contributed by atoms with Crippen molar-refractivity contribution in [3.8, 4) is 0 Å². The number of ether oxygens (including phenoxy) is 1. The number of rotatable bonds is 6. The van der Waals surface area contributed by atoms with Crippen LogP contribution >= 0.6 is 0 Å². The first-order valence-corrected chi connectivity index (χ1v) is 8.22. The van der Waals surface area contributed by atoms with E-state index in [-0.39, 0.29) is 17.0 Å². The van der Waals surface area contributed by atoms with E-state index in [1.54, 1.807) is 6.26 Å². The zero-order chi connectivity index (χ0) is 15.2. The van der Waals surface area contributed by atoms with Crippen LogP contribution < -0.4 is 11.1 Å². The monoisotopic (exact) mass is 305 g/mol. The van der Waals surface area contributed by atoms with Crippen molar-refractivity contribution in [2.45, 2.75) is 31.4 Å². The van der Waals surface area contributed by atoms with Crippen molar-refractivity contribution in [2.24, 2.45) is 16.3 Å². The number of hydrogen-bond donors (Lipinski definition) is 3. The van der Waals surface area contributed by atoms with Crippen LogP contribution in [0.25, 0.3) is 0 Å². The van der Waals surface area contributed by atoms with E-state index in [0.29, 0.717) is 39.0 Å². The van der Waals surface area contributed by atoms with E-state index in [4.69, 9.17) is 15.7 Å². The molecule has 1 rings (SSSR count). The molecule has 116 valence electrons. The van der Waals surface area contributed by atoms with Gasteiger partial charge in [0, 0.05) is 42.1 Å². The van der Waals surface area contributed by atoms with Gasteiger partial charge in [0.15, 0.2) is 5.84 Å². The molecule has 0 aliphatic carbocycles. The molecule has 7 nitrogen and oxygen atoms in total. The number of nitrogens with zero attached hydrogens (tertiary/aromatic N) is 1. The van der Waals surface area contributed by atoms with Gasteiger partial charge >= 0.3 is 0 Å². The van der Waals surface area contributed by atoms with Gasteiger partial charge in [-0.2, -0.15) is 0 Å². The van der Waals surface area contributed by atoms with Gasteiger partial charge < -0.3 is 21.0 Å². The second-order valence-electron chi connectivity index (χ2n) is 5.03. The molecule has 1 amide bonds. The van der Waals surface area contributed by atoms with E-state index < -0.39 is 16.2 Å². The molecule has 0 spiro atoms. The smallest absolute Gasteiger partial charge is 0.234 e. The van der Waals surface area contributed by atoms with Gasteiger partial charge in [-0.15, -0.1) is 0 Å². The van der Waals surface area contributed by atoms with Gasteiger partial charge in [-0.1, -0.05) is 12.1 Å². The van der Waals surface area contributed by atoms with Crippen LogP contribution in [0.3, 0.4) is 0 Å². The summed E-state index contributed by atoms with van der Waals surface area (Å²) in [7, 11) is -0.910. The van der Waals surface area contributed by atoms with Crippen molar-refractivity contribution in [3.05, 3.63) is 0 Å². The van der Waals surface area contributed by atoms with Gasteiger partial charge in [-0.25, -0.2) is 0 Å². The molecule has 8 heteroatoms. The SMILES string of the molecule is CC(CCNC(=O)C1(C(N)=NO)CCOCC1)S(C)=O. The number of nitrogens with two attached hydrogens (primary N) is 1. The standard InChI is InChI=1S/C12H23N3O4S/c1-9(20(2)18)3-6-14-11(16)12(10(13)15-17)4-7-19-8-5-12/h9,17H,3-8H2,1-2H3,(H2,13,15)(H,14,16). The molecule has 1 fully saturated rings. The van der Waals surface area contributed by atoms with Crippen molar-refractivity contribution in [3.63, 3.8) is 0 Å². The molecule has 1 saturated heterocycles. The van der Waals surface area contributed by atoms with Crippen LogP contribution in [-0.2, 0) is 20.3 Å². The Labute approximate surface area is 121 Å². The van der Waals surface area contributed by atoms with E-state index in [1.165, 1.54) is 0 Å². The Kier molecular flexibility index (Phi) is 6.41. The highest BCUT2D eigenvalue weighted by Gasteiger charge is 2.44. The van der Waals surface area contributed by atoms with Gasteiger partial charge in [0.1, 0.15) is 5.41 Å². The molecule has 0 aromatic heterocycles. The van der Waals surface area contributed by atoms with Gasteiger partial charge in [-0.05, 0) is 19.3 Å². The molecule has 1 aliphatic rings. The first-order valence-electron chi connectivity index (χ1n) is 6.60. The largest absolute Gasteiger partial charge is 0.409 e. The molecule has 2 unspecified atom stereocenters. The van der Waals surface area contributed by atoms with Crippen LogP contribution in [0.15, 0.2) is 5.16 Å². The normalized spacial score (nSPS) is 22.0. The summed E-state index contributed by atoms with van der Waals surface area (Å²) in [5.41, 5.74) is 4.70. The molecule has 4 N–H and O–H groups in total. The maximum absolute atomic E-state index is 12.4. The Morgan fingerprint density at radius 2 is 2.15 bits per heavy atom. The summed E-state index contributed by atoms with van der Waals surface area (Å²) in [6, 6.07) is 0. The Bertz CT molecular complexity index is 394. The van der Waals surface area contributed by atoms with E-state index in [0.717, 1.165) is 0 Å². The maximum Gasteiger partial charge on any atom is 0.234 e. The van der Waals surface area contributed by atoms with Crippen LogP contribution in [0.1, 0.15) is 26.2 Å². The minimum absolute atomic E-state index is 0.0183. The fourth-order valence-corrected chi connectivity index (χ4v) is 2.59. The van der Waals surface area contributed by atoms with Crippen molar-refractivity contribution >= 4 is 22.5 Å². The third kappa shape index (κ3) is 3.92. The number of amidine groups is 1. The summed E-state index contributed by atoms with van der Waals surface area (Å²) in [5, 5.41) is 14.7. The average Bonchev–Trinajstić information content (AvgIpc) is 2.46. The summed E-state index contributed by atoms with van der Waals surface area (Å²) in [6.07, 6.45) is 3.05. The predicted molar refractivity (Wildman–Crippen MR) is 77.1 cm³/mol. The molecule has 2 atom stereocenters. The maximum atomic E-state index is 12.4. The van der Waals surface area contributed by atoms with E-state index >= 15 is 0 Å². The highest BCUT2D eigenvalue weighted by Crippen LogP contribution is 2.31. The van der Waals surface area contributed by atoms with Gasteiger partial charge in [0.25, 0.3) is 0 Å². The van der Waals surface area contributed by atoms with Crippen molar-refractivity contribution in [1.82, 2.24) is 5.32 Å². The van der Waals surface area contributed by atoms with Gasteiger partial charge in [0.2, 0.25) is 5.91 Å². The molecule has 20 heavy (non-hydrogen) atoms.